The minimum absolute atomic E-state index is 0.113. The summed E-state index contributed by atoms with van der Waals surface area (Å²) in [5.41, 5.74) is 6.36. The van der Waals surface area contributed by atoms with Crippen LogP contribution in [0.4, 0.5) is 13.2 Å². The number of carbonyl (C=O) groups excluding carboxylic acids is 1. The van der Waals surface area contributed by atoms with Crippen molar-refractivity contribution in [2.75, 3.05) is 26.2 Å². The maximum absolute atomic E-state index is 13.4. The number of carbonyl (C=O) groups is 1. The number of fused-ring (bicyclic) bond motifs is 1. The molecule has 3 aromatic rings. The lowest BCUT2D eigenvalue weighted by Gasteiger charge is -2.38. The smallest absolute Gasteiger partial charge is 0.246 e. The summed E-state index contributed by atoms with van der Waals surface area (Å²) < 4.78 is 39.8. The molecule has 0 unspecified atom stereocenters. The number of nitrogens with zero attached hydrogens (tertiary/aromatic N) is 2. The third kappa shape index (κ3) is 5.28. The minimum atomic E-state index is -1.51. The number of para-hydroxylation sites is 1. The SMILES string of the molecule is O=C(/C=C/c1cc(F)c(F)c(F)c1)N1CCC(NN2CCC(c3c[nH]c4ccccc34)CC2)CC1. The van der Waals surface area contributed by atoms with Crippen LogP contribution in [-0.2, 0) is 4.79 Å². The van der Waals surface area contributed by atoms with E-state index in [9.17, 15) is 18.0 Å². The van der Waals surface area contributed by atoms with E-state index in [1.807, 2.05) is 0 Å². The van der Waals surface area contributed by atoms with Crippen LogP contribution >= 0.6 is 0 Å². The van der Waals surface area contributed by atoms with E-state index in [1.54, 1.807) is 4.90 Å². The molecule has 5 nitrogen and oxygen atoms in total. The number of halogens is 3. The molecule has 1 amide bonds. The van der Waals surface area contributed by atoms with E-state index in [0.29, 0.717) is 25.0 Å². The Morgan fingerprint density at radius 2 is 1.66 bits per heavy atom. The molecule has 2 aromatic carbocycles. The fourth-order valence-corrected chi connectivity index (χ4v) is 5.18. The summed E-state index contributed by atoms with van der Waals surface area (Å²) in [6.07, 6.45) is 8.63. The second-order valence-corrected chi connectivity index (χ2v) is 9.41. The van der Waals surface area contributed by atoms with Gasteiger partial charge in [0.25, 0.3) is 0 Å². The number of rotatable bonds is 5. The van der Waals surface area contributed by atoms with Crippen LogP contribution in [-0.4, -0.2) is 53.0 Å². The number of hydrazine groups is 1. The summed E-state index contributed by atoms with van der Waals surface area (Å²) in [6, 6.07) is 10.5. The number of amides is 1. The molecule has 5 rings (SSSR count). The van der Waals surface area contributed by atoms with E-state index in [4.69, 9.17) is 0 Å². The van der Waals surface area contributed by atoms with Gasteiger partial charge < -0.3 is 9.88 Å². The van der Waals surface area contributed by atoms with Gasteiger partial charge in [-0.2, -0.15) is 0 Å². The van der Waals surface area contributed by atoms with Crippen molar-refractivity contribution in [3.05, 3.63) is 77.2 Å². The molecule has 2 N–H and O–H groups in total. The molecule has 0 spiro atoms. The number of benzene rings is 2. The zero-order chi connectivity index (χ0) is 24.4. The fraction of sp³-hybridized carbons (Fsp3) is 0.370. The van der Waals surface area contributed by atoms with Gasteiger partial charge in [-0.3, -0.25) is 10.2 Å². The van der Waals surface area contributed by atoms with Gasteiger partial charge in [-0.15, -0.1) is 0 Å². The van der Waals surface area contributed by atoms with Crippen LogP contribution in [0.15, 0.2) is 48.7 Å². The standard InChI is InChI=1S/C27H29F3N4O/c28-23-15-18(16-24(29)27(23)30)5-6-26(35)33-11-9-20(10-12-33)32-34-13-7-19(8-14-34)22-17-31-25-4-2-1-3-21(22)25/h1-6,15-17,19-20,31-32H,7-14H2/b6-5+. The van der Waals surface area contributed by atoms with Gasteiger partial charge in [0.15, 0.2) is 17.5 Å². The Balaban J connectivity index is 1.08. The van der Waals surface area contributed by atoms with Gasteiger partial charge in [0.2, 0.25) is 5.91 Å². The molecule has 2 fully saturated rings. The van der Waals surface area contributed by atoms with Gasteiger partial charge in [0, 0.05) is 55.4 Å². The molecule has 0 saturated carbocycles. The Bertz CT molecular complexity index is 1200. The summed E-state index contributed by atoms with van der Waals surface area (Å²) in [7, 11) is 0. The van der Waals surface area contributed by atoms with Gasteiger partial charge in [0.1, 0.15) is 0 Å². The average molecular weight is 483 g/mol. The molecule has 2 saturated heterocycles. The molecule has 1 aromatic heterocycles. The van der Waals surface area contributed by atoms with Crippen molar-refractivity contribution in [2.24, 2.45) is 0 Å². The molecular formula is C27H29F3N4O. The Morgan fingerprint density at radius 3 is 2.37 bits per heavy atom. The lowest BCUT2D eigenvalue weighted by Crippen LogP contribution is -2.52. The van der Waals surface area contributed by atoms with Crippen molar-refractivity contribution in [1.29, 1.82) is 0 Å². The molecule has 0 bridgehead atoms. The van der Waals surface area contributed by atoms with Crippen LogP contribution in [0.3, 0.4) is 0 Å². The number of aromatic amines is 1. The van der Waals surface area contributed by atoms with E-state index in [2.05, 4.69) is 45.9 Å². The third-order valence-corrected chi connectivity index (χ3v) is 7.15. The third-order valence-electron chi connectivity index (χ3n) is 7.15. The summed E-state index contributed by atoms with van der Waals surface area (Å²) in [5.74, 6) is -3.71. The monoisotopic (exact) mass is 482 g/mol. The highest BCUT2D eigenvalue weighted by Crippen LogP contribution is 2.32. The van der Waals surface area contributed by atoms with Crippen LogP contribution in [0.25, 0.3) is 17.0 Å². The Morgan fingerprint density at radius 1 is 0.971 bits per heavy atom. The predicted octanol–water partition coefficient (Wildman–Crippen LogP) is 4.97. The van der Waals surface area contributed by atoms with Crippen molar-refractivity contribution < 1.29 is 18.0 Å². The summed E-state index contributed by atoms with van der Waals surface area (Å²) in [6.45, 7) is 3.19. The predicted molar refractivity (Wildman–Crippen MR) is 130 cm³/mol. The van der Waals surface area contributed by atoms with E-state index < -0.39 is 17.5 Å². The highest BCUT2D eigenvalue weighted by molar-refractivity contribution is 5.91. The number of nitrogens with one attached hydrogen (secondary N) is 2. The Kier molecular flexibility index (Phi) is 6.92. The van der Waals surface area contributed by atoms with Crippen LogP contribution in [0.5, 0.6) is 0 Å². The largest absolute Gasteiger partial charge is 0.361 e. The molecule has 0 radical (unpaired) electrons. The fourth-order valence-electron chi connectivity index (χ4n) is 5.18. The first-order chi connectivity index (χ1) is 17.0. The van der Waals surface area contributed by atoms with E-state index in [1.165, 1.54) is 28.6 Å². The normalized spacial score (nSPS) is 18.7. The highest BCUT2D eigenvalue weighted by atomic mass is 19.2. The first kappa shape index (κ1) is 23.6. The molecule has 35 heavy (non-hydrogen) atoms. The molecule has 0 aliphatic carbocycles. The van der Waals surface area contributed by atoms with Crippen molar-refractivity contribution in [2.45, 2.75) is 37.6 Å². The zero-order valence-electron chi connectivity index (χ0n) is 19.4. The number of hydrogen-bond donors (Lipinski definition) is 2. The second kappa shape index (κ2) is 10.3. The summed E-state index contributed by atoms with van der Waals surface area (Å²) in [4.78, 5) is 17.6. The first-order valence-corrected chi connectivity index (χ1v) is 12.2. The van der Waals surface area contributed by atoms with Crippen molar-refractivity contribution in [1.82, 2.24) is 20.3 Å². The molecule has 3 heterocycles. The van der Waals surface area contributed by atoms with E-state index >= 15 is 0 Å². The van der Waals surface area contributed by atoms with Crippen molar-refractivity contribution >= 4 is 22.9 Å². The molecule has 184 valence electrons. The van der Waals surface area contributed by atoms with Crippen molar-refractivity contribution in [3.8, 4) is 0 Å². The summed E-state index contributed by atoms with van der Waals surface area (Å²) in [5, 5.41) is 3.63. The van der Waals surface area contributed by atoms with Crippen LogP contribution in [0, 0.1) is 17.5 Å². The topological polar surface area (TPSA) is 51.4 Å². The van der Waals surface area contributed by atoms with Gasteiger partial charge in [-0.05, 0) is 67.0 Å². The highest BCUT2D eigenvalue weighted by Gasteiger charge is 2.27. The van der Waals surface area contributed by atoms with Crippen LogP contribution < -0.4 is 5.43 Å². The maximum Gasteiger partial charge on any atom is 0.246 e. The number of piperidine rings is 2. The lowest BCUT2D eigenvalue weighted by atomic mass is 9.89. The average Bonchev–Trinajstić information content (AvgIpc) is 3.31. The summed E-state index contributed by atoms with van der Waals surface area (Å²) >= 11 is 0. The second-order valence-electron chi connectivity index (χ2n) is 9.41. The Labute approximate surface area is 202 Å². The first-order valence-electron chi connectivity index (χ1n) is 12.2. The quantitative estimate of drug-likeness (QED) is 0.399. The minimum Gasteiger partial charge on any atom is -0.361 e. The molecular weight excluding hydrogens is 453 g/mol. The van der Waals surface area contributed by atoms with Crippen LogP contribution in [0.1, 0.15) is 42.7 Å². The molecule has 8 heteroatoms. The Hall–Kier alpha value is -3.10. The van der Waals surface area contributed by atoms with Crippen LogP contribution in [0.2, 0.25) is 0 Å². The lowest BCUT2D eigenvalue weighted by molar-refractivity contribution is -0.127. The van der Waals surface area contributed by atoms with E-state index in [0.717, 1.165) is 50.9 Å². The number of hydrogen-bond acceptors (Lipinski definition) is 3. The number of aromatic nitrogens is 1. The number of likely N-dealkylation sites (tertiary alicyclic amines) is 1. The van der Waals surface area contributed by atoms with Gasteiger partial charge in [-0.25, -0.2) is 18.2 Å². The van der Waals surface area contributed by atoms with E-state index in [-0.39, 0.29) is 11.5 Å². The molecule has 0 atom stereocenters. The van der Waals surface area contributed by atoms with Gasteiger partial charge in [0.05, 0.1) is 0 Å². The molecule has 2 aliphatic heterocycles. The number of H-pyrrole nitrogens is 1. The zero-order valence-corrected chi connectivity index (χ0v) is 19.4. The van der Waals surface area contributed by atoms with Crippen molar-refractivity contribution in [3.63, 3.8) is 0 Å². The van der Waals surface area contributed by atoms with Gasteiger partial charge >= 0.3 is 0 Å². The maximum atomic E-state index is 13.4. The van der Waals surface area contributed by atoms with Gasteiger partial charge in [-0.1, -0.05) is 18.2 Å². The molecule has 2 aliphatic rings.